The van der Waals surface area contributed by atoms with Crippen LogP contribution in [-0.4, -0.2) is 4.98 Å². The van der Waals surface area contributed by atoms with Gasteiger partial charge in [0.1, 0.15) is 5.69 Å². The zero-order valence-electron chi connectivity index (χ0n) is 9.65. The van der Waals surface area contributed by atoms with Crippen LogP contribution in [0.4, 0.5) is 11.6 Å². The molecule has 2 aromatic heterocycles. The number of hydrogen-bond donors (Lipinski definition) is 2. The van der Waals surface area contributed by atoms with Crippen molar-refractivity contribution in [3.8, 4) is 11.1 Å². The zero-order chi connectivity index (χ0) is 13.6. The molecule has 0 spiro atoms. The van der Waals surface area contributed by atoms with Crippen molar-refractivity contribution in [2.45, 2.75) is 0 Å². The predicted molar refractivity (Wildman–Crippen MR) is 78.3 cm³/mol. The van der Waals surface area contributed by atoms with E-state index in [1.54, 1.807) is 24.5 Å². The van der Waals surface area contributed by atoms with E-state index < -0.39 is 0 Å². The number of nitrogens with zero attached hydrogens (tertiary/aromatic N) is 1. The van der Waals surface area contributed by atoms with E-state index in [-0.39, 0.29) is 5.88 Å². The Bertz CT molecular complexity index is 783. The van der Waals surface area contributed by atoms with Gasteiger partial charge >= 0.3 is 0 Å². The van der Waals surface area contributed by atoms with Gasteiger partial charge in [-0.3, -0.25) is 4.98 Å². The number of halogens is 2. The second-order valence-electron chi connectivity index (χ2n) is 4.07. The number of pyridine rings is 1. The van der Waals surface area contributed by atoms with Gasteiger partial charge in [-0.05, 0) is 17.7 Å². The van der Waals surface area contributed by atoms with Gasteiger partial charge in [0.05, 0.1) is 21.6 Å². The molecule has 0 amide bonds. The molecule has 0 saturated carbocycles. The van der Waals surface area contributed by atoms with Crippen LogP contribution in [0.1, 0.15) is 0 Å². The zero-order valence-corrected chi connectivity index (χ0v) is 11.2. The van der Waals surface area contributed by atoms with Crippen LogP contribution in [0.15, 0.2) is 35.0 Å². The second kappa shape index (κ2) is 4.33. The van der Waals surface area contributed by atoms with Crippen molar-refractivity contribution < 1.29 is 4.42 Å². The number of nitrogen functional groups attached to an aromatic ring is 2. The maximum Gasteiger partial charge on any atom is 0.214 e. The van der Waals surface area contributed by atoms with Gasteiger partial charge in [-0.25, -0.2) is 0 Å². The first kappa shape index (κ1) is 12.1. The molecule has 3 aromatic rings. The van der Waals surface area contributed by atoms with Gasteiger partial charge in [0.25, 0.3) is 0 Å². The van der Waals surface area contributed by atoms with E-state index in [1.165, 1.54) is 0 Å². The van der Waals surface area contributed by atoms with E-state index in [0.717, 1.165) is 16.5 Å². The number of benzene rings is 1. The molecule has 0 aliphatic carbocycles. The molecule has 4 N–H and O–H groups in total. The third kappa shape index (κ3) is 1.89. The van der Waals surface area contributed by atoms with Crippen molar-refractivity contribution in [1.29, 1.82) is 0 Å². The largest absolute Gasteiger partial charge is 0.437 e. The highest BCUT2D eigenvalue weighted by Gasteiger charge is 2.15. The quantitative estimate of drug-likeness (QED) is 0.712. The topological polar surface area (TPSA) is 78.1 Å². The molecule has 0 aliphatic rings. The van der Waals surface area contributed by atoms with Crippen LogP contribution in [-0.2, 0) is 0 Å². The molecule has 19 heavy (non-hydrogen) atoms. The summed E-state index contributed by atoms with van der Waals surface area (Å²) in [5.41, 5.74) is 14.2. The minimum atomic E-state index is 0.185. The molecule has 96 valence electrons. The van der Waals surface area contributed by atoms with Crippen molar-refractivity contribution >= 4 is 45.7 Å². The summed E-state index contributed by atoms with van der Waals surface area (Å²) in [7, 11) is 0. The van der Waals surface area contributed by atoms with Gasteiger partial charge in [-0.2, -0.15) is 0 Å². The fraction of sp³-hybridized carbons (Fsp3) is 0. The SMILES string of the molecule is Nc1oc2cncc(-c3ccc(Cl)c(Cl)c3)c2c1N. The molecule has 0 aliphatic heterocycles. The van der Waals surface area contributed by atoms with Crippen molar-refractivity contribution in [1.82, 2.24) is 4.98 Å². The lowest BCUT2D eigenvalue weighted by atomic mass is 10.0. The van der Waals surface area contributed by atoms with Gasteiger partial charge in [0, 0.05) is 11.8 Å². The Morgan fingerprint density at radius 2 is 1.84 bits per heavy atom. The highest BCUT2D eigenvalue weighted by molar-refractivity contribution is 6.42. The number of hydrogen-bond acceptors (Lipinski definition) is 4. The molecule has 0 atom stereocenters. The number of fused-ring (bicyclic) bond motifs is 1. The summed E-state index contributed by atoms with van der Waals surface area (Å²) in [6, 6.07) is 5.31. The first-order valence-corrected chi connectivity index (χ1v) is 6.20. The Hall–Kier alpha value is -1.91. The van der Waals surface area contributed by atoms with Crippen LogP contribution in [0, 0.1) is 0 Å². The summed E-state index contributed by atoms with van der Waals surface area (Å²) in [6.07, 6.45) is 3.26. The molecule has 0 bridgehead atoms. The maximum absolute atomic E-state index is 6.03. The number of rotatable bonds is 1. The lowest BCUT2D eigenvalue weighted by Gasteiger charge is -2.05. The Labute approximate surface area is 118 Å². The number of anilines is 2. The molecule has 2 heterocycles. The standard InChI is InChI=1S/C13H9Cl2N3O/c14-8-2-1-6(3-9(8)15)7-4-18-5-10-11(7)12(16)13(17)19-10/h1-5H,16-17H2. The summed E-state index contributed by atoms with van der Waals surface area (Å²) in [5.74, 6) is 0.185. The lowest BCUT2D eigenvalue weighted by Crippen LogP contribution is -1.91. The molecule has 3 rings (SSSR count). The van der Waals surface area contributed by atoms with E-state index in [4.69, 9.17) is 39.1 Å². The average Bonchev–Trinajstić information content (AvgIpc) is 2.69. The van der Waals surface area contributed by atoms with Crippen LogP contribution in [0.2, 0.25) is 10.0 Å². The summed E-state index contributed by atoms with van der Waals surface area (Å²) in [4.78, 5) is 4.11. The minimum absolute atomic E-state index is 0.185. The summed E-state index contributed by atoms with van der Waals surface area (Å²) >= 11 is 11.9. The molecule has 0 saturated heterocycles. The number of nitrogens with two attached hydrogens (primary N) is 2. The fourth-order valence-corrected chi connectivity index (χ4v) is 2.27. The molecular weight excluding hydrogens is 285 g/mol. The lowest BCUT2D eigenvalue weighted by molar-refractivity contribution is 0.637. The maximum atomic E-state index is 6.03. The van der Waals surface area contributed by atoms with Crippen molar-refractivity contribution in [2.24, 2.45) is 0 Å². The Kier molecular flexibility index (Phi) is 2.77. The molecule has 0 unspecified atom stereocenters. The van der Waals surface area contributed by atoms with E-state index in [9.17, 15) is 0 Å². The Balaban J connectivity index is 2.33. The molecule has 0 fully saturated rings. The molecule has 0 radical (unpaired) electrons. The Morgan fingerprint density at radius 1 is 1.05 bits per heavy atom. The van der Waals surface area contributed by atoms with Crippen molar-refractivity contribution in [3.05, 3.63) is 40.6 Å². The van der Waals surface area contributed by atoms with Crippen LogP contribution in [0.5, 0.6) is 0 Å². The summed E-state index contributed by atoms with van der Waals surface area (Å²) in [6.45, 7) is 0. The van der Waals surface area contributed by atoms with Crippen LogP contribution >= 0.6 is 23.2 Å². The van der Waals surface area contributed by atoms with E-state index >= 15 is 0 Å². The minimum Gasteiger partial charge on any atom is -0.437 e. The van der Waals surface area contributed by atoms with E-state index in [0.29, 0.717) is 21.3 Å². The fourth-order valence-electron chi connectivity index (χ4n) is 1.98. The highest BCUT2D eigenvalue weighted by atomic mass is 35.5. The van der Waals surface area contributed by atoms with Crippen molar-refractivity contribution in [2.75, 3.05) is 11.5 Å². The predicted octanol–water partition coefficient (Wildman–Crippen LogP) is 3.97. The van der Waals surface area contributed by atoms with Gasteiger partial charge in [0.15, 0.2) is 5.58 Å². The molecular formula is C13H9Cl2N3O. The molecule has 1 aromatic carbocycles. The molecule has 6 heteroatoms. The van der Waals surface area contributed by atoms with Crippen LogP contribution in [0.3, 0.4) is 0 Å². The summed E-state index contributed by atoms with van der Waals surface area (Å²) < 4.78 is 5.35. The monoisotopic (exact) mass is 293 g/mol. The van der Waals surface area contributed by atoms with Crippen LogP contribution < -0.4 is 11.5 Å². The average molecular weight is 294 g/mol. The smallest absolute Gasteiger partial charge is 0.214 e. The highest BCUT2D eigenvalue weighted by Crippen LogP contribution is 2.38. The van der Waals surface area contributed by atoms with Gasteiger partial charge < -0.3 is 15.9 Å². The van der Waals surface area contributed by atoms with Gasteiger partial charge in [0.2, 0.25) is 5.88 Å². The van der Waals surface area contributed by atoms with Crippen LogP contribution in [0.25, 0.3) is 22.1 Å². The Morgan fingerprint density at radius 3 is 2.58 bits per heavy atom. The van der Waals surface area contributed by atoms with E-state index in [1.807, 2.05) is 6.07 Å². The second-order valence-corrected chi connectivity index (χ2v) is 4.88. The van der Waals surface area contributed by atoms with E-state index in [2.05, 4.69) is 4.98 Å². The third-order valence-corrected chi connectivity index (χ3v) is 3.64. The normalized spacial score (nSPS) is 11.1. The number of furan rings is 1. The molecule has 4 nitrogen and oxygen atoms in total. The third-order valence-electron chi connectivity index (χ3n) is 2.90. The van der Waals surface area contributed by atoms with Gasteiger partial charge in [-0.15, -0.1) is 0 Å². The summed E-state index contributed by atoms with van der Waals surface area (Å²) in [5, 5.41) is 1.68. The first-order valence-electron chi connectivity index (χ1n) is 5.45. The van der Waals surface area contributed by atoms with Gasteiger partial charge in [-0.1, -0.05) is 29.3 Å². The van der Waals surface area contributed by atoms with Crippen molar-refractivity contribution in [3.63, 3.8) is 0 Å². The number of aromatic nitrogens is 1. The first-order chi connectivity index (χ1) is 9.08.